The van der Waals surface area contributed by atoms with Crippen molar-refractivity contribution < 1.29 is 4.74 Å². The lowest BCUT2D eigenvalue weighted by Gasteiger charge is -2.24. The van der Waals surface area contributed by atoms with Crippen LogP contribution >= 0.6 is 0 Å². The Labute approximate surface area is 301 Å². The summed E-state index contributed by atoms with van der Waals surface area (Å²) in [4.78, 5) is 9.43. The van der Waals surface area contributed by atoms with Crippen molar-refractivity contribution in [3.63, 3.8) is 0 Å². The molecule has 51 heavy (non-hydrogen) atoms. The second-order valence-electron chi connectivity index (χ2n) is 15.5. The SMILES string of the molecule is CC(C)(C)c1ccnc(-n2c3ccc(C(C)(C)C)cc3c3ccc(Oc4cccc(N5C=CN(c6ccccc6-c6ccccc6)C5)c4)cc32)c1. The van der Waals surface area contributed by atoms with Gasteiger partial charge in [0.15, 0.2) is 0 Å². The molecule has 1 aliphatic heterocycles. The van der Waals surface area contributed by atoms with E-state index in [0.717, 1.165) is 34.0 Å². The first-order valence-electron chi connectivity index (χ1n) is 17.7. The van der Waals surface area contributed by atoms with Crippen molar-refractivity contribution in [2.75, 3.05) is 16.5 Å². The Kier molecular flexibility index (Phi) is 7.94. The van der Waals surface area contributed by atoms with Gasteiger partial charge < -0.3 is 14.5 Å². The lowest BCUT2D eigenvalue weighted by atomic mass is 9.86. The zero-order chi connectivity index (χ0) is 35.3. The van der Waals surface area contributed by atoms with Crippen LogP contribution < -0.4 is 14.5 Å². The summed E-state index contributed by atoms with van der Waals surface area (Å²) < 4.78 is 8.90. The number of anilines is 2. The summed E-state index contributed by atoms with van der Waals surface area (Å²) in [5.41, 5.74) is 9.45. The largest absolute Gasteiger partial charge is 0.457 e. The minimum Gasteiger partial charge on any atom is -0.457 e. The molecular formula is C46H44N4O. The van der Waals surface area contributed by atoms with Gasteiger partial charge in [-0.2, -0.15) is 0 Å². The highest BCUT2D eigenvalue weighted by molar-refractivity contribution is 6.09. The normalized spacial score (nSPS) is 13.5. The molecule has 3 heterocycles. The number of ether oxygens (including phenoxy) is 1. The zero-order valence-electron chi connectivity index (χ0n) is 30.3. The third-order valence-corrected chi connectivity index (χ3v) is 9.86. The van der Waals surface area contributed by atoms with E-state index in [1.165, 1.54) is 38.7 Å². The standard InChI is InChI=1S/C46H44N4O/c1-45(2,3)33-19-22-42-40(27-33)39-21-20-37(30-43(39)50(42)44-28-34(23-24-47-44)46(4,5)6)51-36-16-12-15-35(29-36)48-25-26-49(31-48)41-18-11-10-17-38(41)32-13-8-7-9-14-32/h7-30H,31H2,1-6H3. The lowest BCUT2D eigenvalue weighted by Crippen LogP contribution is -2.24. The number of nitrogens with zero attached hydrogens (tertiary/aromatic N) is 4. The Balaban J connectivity index is 1.12. The van der Waals surface area contributed by atoms with E-state index in [1.807, 2.05) is 12.3 Å². The average molecular weight is 669 g/mol. The molecule has 0 saturated heterocycles. The topological polar surface area (TPSA) is 33.5 Å². The smallest absolute Gasteiger partial charge is 0.137 e. The van der Waals surface area contributed by atoms with Crippen molar-refractivity contribution in [2.45, 2.75) is 52.4 Å². The van der Waals surface area contributed by atoms with Crippen molar-refractivity contribution in [3.05, 3.63) is 157 Å². The molecular weight excluding hydrogens is 625 g/mol. The lowest BCUT2D eigenvalue weighted by molar-refractivity contribution is 0.483. The number of aromatic nitrogens is 2. The van der Waals surface area contributed by atoms with Crippen LogP contribution in [0.25, 0.3) is 38.8 Å². The predicted molar refractivity (Wildman–Crippen MR) is 213 cm³/mol. The van der Waals surface area contributed by atoms with Crippen molar-refractivity contribution in [3.8, 4) is 28.4 Å². The van der Waals surface area contributed by atoms with E-state index in [-0.39, 0.29) is 10.8 Å². The van der Waals surface area contributed by atoms with Crippen LogP contribution in [0.5, 0.6) is 11.5 Å². The molecule has 0 amide bonds. The molecule has 5 heteroatoms. The first-order chi connectivity index (χ1) is 24.5. The Morgan fingerprint density at radius 3 is 2.10 bits per heavy atom. The Hall–Kier alpha value is -5.81. The molecule has 8 rings (SSSR count). The van der Waals surface area contributed by atoms with E-state index in [2.05, 4.69) is 190 Å². The number of benzene rings is 5. The maximum Gasteiger partial charge on any atom is 0.137 e. The summed E-state index contributed by atoms with van der Waals surface area (Å²) in [6.07, 6.45) is 6.21. The van der Waals surface area contributed by atoms with Crippen molar-refractivity contribution >= 4 is 33.2 Å². The zero-order valence-corrected chi connectivity index (χ0v) is 30.3. The summed E-state index contributed by atoms with van der Waals surface area (Å²) in [6.45, 7) is 14.2. The van der Waals surface area contributed by atoms with Crippen molar-refractivity contribution in [1.29, 1.82) is 0 Å². The molecule has 0 radical (unpaired) electrons. The molecule has 0 N–H and O–H groups in total. The third kappa shape index (κ3) is 6.25. The highest BCUT2D eigenvalue weighted by Gasteiger charge is 2.22. The van der Waals surface area contributed by atoms with Crippen molar-refractivity contribution in [2.24, 2.45) is 0 Å². The van der Waals surface area contributed by atoms with Gasteiger partial charge in [-0.05, 0) is 82.1 Å². The van der Waals surface area contributed by atoms with Gasteiger partial charge in [0.25, 0.3) is 0 Å². The molecule has 254 valence electrons. The molecule has 0 fully saturated rings. The van der Waals surface area contributed by atoms with Crippen LogP contribution in [0.2, 0.25) is 0 Å². The summed E-state index contributed by atoms with van der Waals surface area (Å²) >= 11 is 0. The summed E-state index contributed by atoms with van der Waals surface area (Å²) in [7, 11) is 0. The van der Waals surface area contributed by atoms with E-state index in [4.69, 9.17) is 9.72 Å². The Bertz CT molecular complexity index is 2410. The Morgan fingerprint density at radius 2 is 1.29 bits per heavy atom. The second kappa shape index (κ2) is 12.5. The highest BCUT2D eigenvalue weighted by atomic mass is 16.5. The van der Waals surface area contributed by atoms with E-state index in [9.17, 15) is 0 Å². The van der Waals surface area contributed by atoms with Gasteiger partial charge in [-0.25, -0.2) is 4.98 Å². The third-order valence-electron chi connectivity index (χ3n) is 9.86. The van der Waals surface area contributed by atoms with E-state index < -0.39 is 0 Å². The van der Waals surface area contributed by atoms with Gasteiger partial charge in [0.2, 0.25) is 0 Å². The molecule has 0 atom stereocenters. The van der Waals surface area contributed by atoms with Gasteiger partial charge in [0.1, 0.15) is 17.3 Å². The van der Waals surface area contributed by atoms with E-state index in [1.54, 1.807) is 0 Å². The first-order valence-corrected chi connectivity index (χ1v) is 17.7. The number of pyridine rings is 1. The molecule has 7 aromatic rings. The maximum atomic E-state index is 6.62. The van der Waals surface area contributed by atoms with Gasteiger partial charge in [-0.1, -0.05) is 102 Å². The van der Waals surface area contributed by atoms with Gasteiger partial charge in [0.05, 0.1) is 23.4 Å². The van der Waals surface area contributed by atoms with Crippen LogP contribution in [0.15, 0.2) is 146 Å². The van der Waals surface area contributed by atoms with Crippen LogP contribution in [0.1, 0.15) is 52.7 Å². The predicted octanol–water partition coefficient (Wildman–Crippen LogP) is 12.0. The summed E-state index contributed by atoms with van der Waals surface area (Å²) in [5, 5.41) is 2.39. The van der Waals surface area contributed by atoms with Crippen LogP contribution in [0, 0.1) is 0 Å². The molecule has 0 saturated carbocycles. The van der Waals surface area contributed by atoms with Crippen LogP contribution in [0.4, 0.5) is 11.4 Å². The number of fused-ring (bicyclic) bond motifs is 3. The van der Waals surface area contributed by atoms with Crippen LogP contribution in [-0.2, 0) is 10.8 Å². The molecule has 0 aliphatic carbocycles. The monoisotopic (exact) mass is 668 g/mol. The number of para-hydroxylation sites is 1. The fourth-order valence-electron chi connectivity index (χ4n) is 6.98. The minimum atomic E-state index is 0.00197. The Morgan fingerprint density at radius 1 is 0.569 bits per heavy atom. The quantitative estimate of drug-likeness (QED) is 0.177. The summed E-state index contributed by atoms with van der Waals surface area (Å²) in [5.74, 6) is 2.47. The maximum absolute atomic E-state index is 6.62. The van der Waals surface area contributed by atoms with E-state index in [0.29, 0.717) is 6.67 Å². The molecule has 5 aromatic carbocycles. The molecule has 0 spiro atoms. The molecule has 0 unspecified atom stereocenters. The molecule has 0 bridgehead atoms. The van der Waals surface area contributed by atoms with Crippen LogP contribution in [0.3, 0.4) is 0 Å². The second-order valence-corrected chi connectivity index (χ2v) is 15.5. The highest BCUT2D eigenvalue weighted by Crippen LogP contribution is 2.39. The van der Waals surface area contributed by atoms with Crippen LogP contribution in [-0.4, -0.2) is 16.2 Å². The fourth-order valence-corrected chi connectivity index (χ4v) is 6.98. The van der Waals surface area contributed by atoms with Gasteiger partial charge >= 0.3 is 0 Å². The van der Waals surface area contributed by atoms with Gasteiger partial charge in [0, 0.05) is 52.8 Å². The minimum absolute atomic E-state index is 0.00197. The number of hydrogen-bond acceptors (Lipinski definition) is 4. The van der Waals surface area contributed by atoms with Crippen molar-refractivity contribution in [1.82, 2.24) is 9.55 Å². The molecule has 2 aromatic heterocycles. The fraction of sp³-hybridized carbons (Fsp3) is 0.196. The summed E-state index contributed by atoms with van der Waals surface area (Å²) in [6, 6.07) is 45.1. The molecule has 5 nitrogen and oxygen atoms in total. The first kappa shape index (κ1) is 32.4. The van der Waals surface area contributed by atoms with E-state index >= 15 is 0 Å². The van der Waals surface area contributed by atoms with Gasteiger partial charge in [-0.15, -0.1) is 0 Å². The number of rotatable bonds is 6. The average Bonchev–Trinajstić information content (AvgIpc) is 3.75. The number of hydrogen-bond donors (Lipinski definition) is 0. The van der Waals surface area contributed by atoms with Gasteiger partial charge in [-0.3, -0.25) is 4.57 Å². The molecule has 1 aliphatic rings.